The highest BCUT2D eigenvalue weighted by molar-refractivity contribution is 7.18. The van der Waals surface area contributed by atoms with E-state index in [1.54, 1.807) is 11.3 Å². The Labute approximate surface area is 181 Å². The van der Waals surface area contributed by atoms with Gasteiger partial charge in [0.25, 0.3) is 5.56 Å². The Morgan fingerprint density at radius 3 is 2.80 bits per heavy atom. The normalized spacial score (nSPS) is 15.0. The van der Waals surface area contributed by atoms with Gasteiger partial charge in [-0.1, -0.05) is 20.8 Å². The first-order chi connectivity index (χ1) is 14.4. The Hall–Kier alpha value is -1.77. The standard InChI is InChI=1S/C22H33N3O4S/c1-4-7-19(27)29-13-15(26)11-25(10-14(2)3)12-18-23-21(28)20-16-8-5-6-9-17(16)30-22(20)24-18/h14-15,26H,4-13H2,1-3H3,(H,23,24,28)/t15-/m0/s1. The fourth-order valence-electron chi connectivity index (χ4n) is 4.03. The first-order valence-corrected chi connectivity index (χ1v) is 11.8. The van der Waals surface area contributed by atoms with Gasteiger partial charge >= 0.3 is 5.97 Å². The van der Waals surface area contributed by atoms with Crippen molar-refractivity contribution in [1.82, 2.24) is 14.9 Å². The number of aryl methyl sites for hydroxylation is 2. The second-order valence-electron chi connectivity index (χ2n) is 8.58. The number of aliphatic hydroxyl groups excluding tert-OH is 1. The van der Waals surface area contributed by atoms with Gasteiger partial charge in [-0.05, 0) is 43.6 Å². The van der Waals surface area contributed by atoms with Crippen LogP contribution >= 0.6 is 11.3 Å². The van der Waals surface area contributed by atoms with Crippen molar-refractivity contribution in [1.29, 1.82) is 0 Å². The van der Waals surface area contributed by atoms with Crippen molar-refractivity contribution in [3.05, 3.63) is 26.6 Å². The van der Waals surface area contributed by atoms with Crippen LogP contribution in [0.3, 0.4) is 0 Å². The van der Waals surface area contributed by atoms with Crippen LogP contribution in [0.15, 0.2) is 4.79 Å². The maximum absolute atomic E-state index is 12.8. The van der Waals surface area contributed by atoms with Gasteiger partial charge in [-0.25, -0.2) is 4.98 Å². The lowest BCUT2D eigenvalue weighted by Gasteiger charge is -2.26. The SMILES string of the molecule is CCCC(=O)OC[C@@H](O)CN(Cc1nc2sc3c(c2c(=O)[nH]1)CCCC3)CC(C)C. The topological polar surface area (TPSA) is 95.5 Å². The fraction of sp³-hybridized carbons (Fsp3) is 0.682. The van der Waals surface area contributed by atoms with Crippen LogP contribution in [0, 0.1) is 5.92 Å². The zero-order valence-electron chi connectivity index (χ0n) is 18.2. The predicted molar refractivity (Wildman–Crippen MR) is 119 cm³/mol. The summed E-state index contributed by atoms with van der Waals surface area (Å²) < 4.78 is 5.14. The molecule has 3 rings (SSSR count). The van der Waals surface area contributed by atoms with E-state index in [4.69, 9.17) is 9.72 Å². The minimum Gasteiger partial charge on any atom is -0.463 e. The molecule has 0 spiro atoms. The van der Waals surface area contributed by atoms with Gasteiger partial charge in [-0.15, -0.1) is 11.3 Å². The first kappa shape index (κ1) is 22.9. The van der Waals surface area contributed by atoms with E-state index in [1.165, 1.54) is 16.9 Å². The molecule has 2 heterocycles. The van der Waals surface area contributed by atoms with Crippen molar-refractivity contribution in [3.63, 3.8) is 0 Å². The number of nitrogens with zero attached hydrogens (tertiary/aromatic N) is 2. The molecule has 1 aliphatic carbocycles. The molecular formula is C22H33N3O4S. The molecule has 7 nitrogen and oxygen atoms in total. The molecule has 0 fully saturated rings. The van der Waals surface area contributed by atoms with Crippen LogP contribution < -0.4 is 5.56 Å². The molecule has 0 saturated heterocycles. The van der Waals surface area contributed by atoms with Crippen molar-refractivity contribution in [3.8, 4) is 0 Å². The smallest absolute Gasteiger partial charge is 0.305 e. The molecule has 2 N–H and O–H groups in total. The number of H-pyrrole nitrogens is 1. The summed E-state index contributed by atoms with van der Waals surface area (Å²) in [6.07, 6.45) is 4.60. The number of esters is 1. The average molecular weight is 436 g/mol. The van der Waals surface area contributed by atoms with Crippen LogP contribution in [0.2, 0.25) is 0 Å². The molecule has 0 unspecified atom stereocenters. The number of aromatic amines is 1. The molecule has 0 radical (unpaired) electrons. The number of aromatic nitrogens is 2. The zero-order valence-corrected chi connectivity index (χ0v) is 19.0. The van der Waals surface area contributed by atoms with Crippen molar-refractivity contribution >= 4 is 27.5 Å². The van der Waals surface area contributed by atoms with E-state index in [-0.39, 0.29) is 18.1 Å². The molecule has 2 aromatic heterocycles. The average Bonchev–Trinajstić information content (AvgIpc) is 3.04. The van der Waals surface area contributed by atoms with E-state index >= 15 is 0 Å². The van der Waals surface area contributed by atoms with Gasteiger partial charge < -0.3 is 14.8 Å². The zero-order chi connectivity index (χ0) is 21.7. The number of nitrogens with one attached hydrogen (secondary N) is 1. The fourth-order valence-corrected chi connectivity index (χ4v) is 5.31. The maximum Gasteiger partial charge on any atom is 0.305 e. The minimum atomic E-state index is -0.783. The highest BCUT2D eigenvalue weighted by Crippen LogP contribution is 2.33. The number of thiophene rings is 1. The van der Waals surface area contributed by atoms with Crippen LogP contribution in [0.1, 0.15) is 62.7 Å². The van der Waals surface area contributed by atoms with Crippen LogP contribution in [-0.2, 0) is 28.9 Å². The molecule has 0 aliphatic heterocycles. The molecule has 1 aliphatic rings. The summed E-state index contributed by atoms with van der Waals surface area (Å²) in [5.74, 6) is 0.705. The number of rotatable bonds is 10. The summed E-state index contributed by atoms with van der Waals surface area (Å²) in [5, 5.41) is 11.1. The molecule has 0 amide bonds. The molecule has 8 heteroatoms. The van der Waals surface area contributed by atoms with Gasteiger partial charge in [0, 0.05) is 24.4 Å². The van der Waals surface area contributed by atoms with Gasteiger partial charge in [0.05, 0.1) is 11.9 Å². The molecule has 2 aromatic rings. The Morgan fingerprint density at radius 2 is 2.07 bits per heavy atom. The van der Waals surface area contributed by atoms with Crippen LogP contribution in [0.5, 0.6) is 0 Å². The highest BCUT2D eigenvalue weighted by atomic mass is 32.1. The van der Waals surface area contributed by atoms with E-state index in [0.29, 0.717) is 31.3 Å². The maximum atomic E-state index is 12.8. The van der Waals surface area contributed by atoms with Crippen LogP contribution in [0.25, 0.3) is 10.2 Å². The van der Waals surface area contributed by atoms with Crippen molar-refractivity contribution in [2.45, 2.75) is 71.9 Å². The summed E-state index contributed by atoms with van der Waals surface area (Å²) >= 11 is 1.64. The molecular weight excluding hydrogens is 402 g/mol. The van der Waals surface area contributed by atoms with Gasteiger partial charge in [0.15, 0.2) is 0 Å². The summed E-state index contributed by atoms with van der Waals surface area (Å²) in [4.78, 5) is 36.2. The Kier molecular flexibility index (Phi) is 8.02. The Bertz CT molecular complexity index is 921. The number of hydrogen-bond acceptors (Lipinski definition) is 7. The second kappa shape index (κ2) is 10.5. The summed E-state index contributed by atoms with van der Waals surface area (Å²) in [6.45, 7) is 7.63. The number of carbonyl (C=O) groups is 1. The lowest BCUT2D eigenvalue weighted by atomic mass is 9.97. The molecule has 0 aromatic carbocycles. The van der Waals surface area contributed by atoms with Crippen molar-refractivity contribution in [2.75, 3.05) is 19.7 Å². The molecule has 1 atom stereocenters. The van der Waals surface area contributed by atoms with Gasteiger partial charge in [0.1, 0.15) is 23.4 Å². The second-order valence-corrected chi connectivity index (χ2v) is 9.66. The van der Waals surface area contributed by atoms with E-state index in [2.05, 4.69) is 23.7 Å². The van der Waals surface area contributed by atoms with E-state index < -0.39 is 6.10 Å². The summed E-state index contributed by atoms with van der Waals surface area (Å²) in [7, 11) is 0. The van der Waals surface area contributed by atoms with Crippen molar-refractivity contribution < 1.29 is 14.6 Å². The van der Waals surface area contributed by atoms with Gasteiger partial charge in [-0.2, -0.15) is 0 Å². The lowest BCUT2D eigenvalue weighted by molar-refractivity contribution is -0.147. The number of hydrogen-bond donors (Lipinski definition) is 2. The quantitative estimate of drug-likeness (QED) is 0.557. The number of fused-ring (bicyclic) bond motifs is 3. The largest absolute Gasteiger partial charge is 0.463 e. The predicted octanol–water partition coefficient (Wildman–Crippen LogP) is 3.03. The van der Waals surface area contributed by atoms with E-state index in [1.807, 2.05) is 6.92 Å². The number of aliphatic hydroxyl groups is 1. The summed E-state index contributed by atoms with van der Waals surface area (Å²) in [5.41, 5.74) is 1.12. The monoisotopic (exact) mass is 435 g/mol. The molecule has 0 saturated carbocycles. The minimum absolute atomic E-state index is 0.0198. The third-order valence-electron chi connectivity index (χ3n) is 5.23. The molecule has 30 heavy (non-hydrogen) atoms. The Morgan fingerprint density at radius 1 is 1.30 bits per heavy atom. The van der Waals surface area contributed by atoms with Crippen LogP contribution in [0.4, 0.5) is 0 Å². The van der Waals surface area contributed by atoms with E-state index in [0.717, 1.165) is 42.4 Å². The number of ether oxygens (including phenoxy) is 1. The number of carbonyl (C=O) groups excluding carboxylic acids is 1. The third kappa shape index (κ3) is 5.89. The van der Waals surface area contributed by atoms with E-state index in [9.17, 15) is 14.7 Å². The Balaban J connectivity index is 1.72. The molecule has 0 bridgehead atoms. The summed E-state index contributed by atoms with van der Waals surface area (Å²) in [6, 6.07) is 0. The lowest BCUT2D eigenvalue weighted by Crippen LogP contribution is -2.38. The molecule has 166 valence electrons. The van der Waals surface area contributed by atoms with Crippen LogP contribution in [-0.4, -0.2) is 51.7 Å². The third-order valence-corrected chi connectivity index (χ3v) is 6.42. The first-order valence-electron chi connectivity index (χ1n) is 11.0. The van der Waals surface area contributed by atoms with Gasteiger partial charge in [0.2, 0.25) is 0 Å². The highest BCUT2D eigenvalue weighted by Gasteiger charge is 2.21. The van der Waals surface area contributed by atoms with Crippen molar-refractivity contribution in [2.24, 2.45) is 5.92 Å². The van der Waals surface area contributed by atoms with Gasteiger partial charge in [-0.3, -0.25) is 14.5 Å².